The first-order chi connectivity index (χ1) is 10.0. The van der Waals surface area contributed by atoms with Crippen LogP contribution in [0.5, 0.6) is 0 Å². The maximum atomic E-state index is 14.2. The fourth-order valence-corrected chi connectivity index (χ4v) is 3.13. The third kappa shape index (κ3) is 2.15. The van der Waals surface area contributed by atoms with Gasteiger partial charge in [0.1, 0.15) is 17.0 Å². The van der Waals surface area contributed by atoms with Gasteiger partial charge in [0.2, 0.25) is 0 Å². The van der Waals surface area contributed by atoms with Gasteiger partial charge < -0.3 is 0 Å². The monoisotopic (exact) mass is 325 g/mol. The first kappa shape index (κ1) is 14.2. The van der Waals surface area contributed by atoms with E-state index in [1.54, 1.807) is 4.68 Å². The number of nitrogens with zero attached hydrogens (tertiary/aromatic N) is 3. The van der Waals surface area contributed by atoms with E-state index in [4.69, 9.17) is 28.5 Å². The van der Waals surface area contributed by atoms with Crippen LogP contribution in [0.25, 0.3) is 11.1 Å². The summed E-state index contributed by atoms with van der Waals surface area (Å²) in [5.74, 6) is -0.665. The molecule has 0 amide bonds. The smallest absolute Gasteiger partial charge is 0.271 e. The molecule has 0 N–H and O–H groups in total. The van der Waals surface area contributed by atoms with Crippen LogP contribution in [-0.4, -0.2) is 9.36 Å². The molecule has 0 saturated carbocycles. The average molecular weight is 326 g/mol. The molecule has 0 bridgehead atoms. The summed E-state index contributed by atoms with van der Waals surface area (Å²) in [4.78, 5) is 12.4. The summed E-state index contributed by atoms with van der Waals surface area (Å²) < 4.78 is 17.3. The van der Waals surface area contributed by atoms with Crippen molar-refractivity contribution in [2.24, 2.45) is 0 Å². The van der Waals surface area contributed by atoms with Crippen LogP contribution in [0.4, 0.5) is 4.39 Å². The maximum absolute atomic E-state index is 14.2. The summed E-state index contributed by atoms with van der Waals surface area (Å²) in [7, 11) is 0. The molecule has 1 aromatic heterocycles. The molecule has 0 radical (unpaired) electrons. The van der Waals surface area contributed by atoms with Gasteiger partial charge in [-0.15, -0.1) is 0 Å². The predicted octanol–water partition coefficient (Wildman–Crippen LogP) is 3.43. The van der Waals surface area contributed by atoms with Gasteiger partial charge in [-0.3, -0.25) is 9.48 Å². The van der Waals surface area contributed by atoms with Gasteiger partial charge in [0.25, 0.3) is 5.56 Å². The fraction of sp³-hybridized carbons (Fsp3) is 0.286. The van der Waals surface area contributed by atoms with Gasteiger partial charge in [0.05, 0.1) is 16.1 Å². The van der Waals surface area contributed by atoms with Crippen LogP contribution in [-0.2, 0) is 13.1 Å². The van der Waals surface area contributed by atoms with Gasteiger partial charge in [-0.1, -0.05) is 23.2 Å². The summed E-state index contributed by atoms with van der Waals surface area (Å²) >= 11 is 12.0. The van der Waals surface area contributed by atoms with Crippen molar-refractivity contribution in [3.63, 3.8) is 0 Å². The van der Waals surface area contributed by atoms with Crippen molar-refractivity contribution in [3.05, 3.63) is 44.0 Å². The number of benzene rings is 1. The number of fused-ring (bicyclic) bond motifs is 1. The molecule has 0 saturated heterocycles. The Morgan fingerprint density at radius 2 is 1.86 bits per heavy atom. The van der Waals surface area contributed by atoms with Crippen LogP contribution < -0.4 is 5.56 Å². The van der Waals surface area contributed by atoms with Crippen LogP contribution in [0, 0.1) is 17.1 Å². The second-order valence-electron chi connectivity index (χ2n) is 4.85. The lowest BCUT2D eigenvalue weighted by atomic mass is 10.1. The minimum absolute atomic E-state index is 0.0129. The highest BCUT2D eigenvalue weighted by atomic mass is 35.5. The second kappa shape index (κ2) is 5.21. The molecule has 4 nitrogen and oxygen atoms in total. The molecule has 0 aliphatic carbocycles. The second-order valence-corrected chi connectivity index (χ2v) is 5.61. The third-order valence-electron chi connectivity index (χ3n) is 3.61. The first-order valence-corrected chi connectivity index (χ1v) is 7.18. The molecule has 0 spiro atoms. The van der Waals surface area contributed by atoms with E-state index in [1.165, 1.54) is 10.7 Å². The molecule has 1 aromatic carbocycles. The summed E-state index contributed by atoms with van der Waals surface area (Å²) in [5, 5.41) is 9.21. The van der Waals surface area contributed by atoms with E-state index < -0.39 is 5.82 Å². The standard InChI is InChI=1S/C14H10Cl2FN3O/c15-10-6-11(17)9(5-8(10)7-18)12-13(16)19-3-1-2-4-20(19)14(12)21/h5-6H,1-4H2. The van der Waals surface area contributed by atoms with Crippen molar-refractivity contribution in [2.45, 2.75) is 25.9 Å². The summed E-state index contributed by atoms with van der Waals surface area (Å²) in [5.41, 5.74) is -0.132. The van der Waals surface area contributed by atoms with E-state index >= 15 is 0 Å². The van der Waals surface area contributed by atoms with Crippen LogP contribution in [0.2, 0.25) is 10.2 Å². The van der Waals surface area contributed by atoms with Crippen LogP contribution >= 0.6 is 23.2 Å². The van der Waals surface area contributed by atoms with Crippen molar-refractivity contribution in [1.29, 1.82) is 5.26 Å². The fourth-order valence-electron chi connectivity index (χ4n) is 2.58. The van der Waals surface area contributed by atoms with Gasteiger partial charge in [-0.05, 0) is 25.0 Å². The molecule has 0 unspecified atom stereocenters. The molecule has 2 aromatic rings. The molecular weight excluding hydrogens is 316 g/mol. The van der Waals surface area contributed by atoms with Crippen LogP contribution in [0.3, 0.4) is 0 Å². The number of halogens is 3. The van der Waals surface area contributed by atoms with Crippen molar-refractivity contribution >= 4 is 23.2 Å². The van der Waals surface area contributed by atoms with Gasteiger partial charge in [-0.25, -0.2) is 9.07 Å². The SMILES string of the molecule is N#Cc1cc(-c2c(Cl)n3n(c2=O)CCCC3)c(F)cc1Cl. The Morgan fingerprint density at radius 1 is 1.19 bits per heavy atom. The molecule has 1 aliphatic heterocycles. The zero-order valence-corrected chi connectivity index (χ0v) is 12.4. The molecule has 3 rings (SSSR count). The normalized spacial score (nSPS) is 13.8. The Kier molecular flexibility index (Phi) is 3.52. The third-order valence-corrected chi connectivity index (χ3v) is 4.31. The quantitative estimate of drug-likeness (QED) is 0.806. The highest BCUT2D eigenvalue weighted by molar-refractivity contribution is 6.33. The lowest BCUT2D eigenvalue weighted by Crippen LogP contribution is -2.27. The van der Waals surface area contributed by atoms with Gasteiger partial charge in [-0.2, -0.15) is 5.26 Å². The maximum Gasteiger partial charge on any atom is 0.276 e. The number of aromatic nitrogens is 2. The van der Waals surface area contributed by atoms with Crippen molar-refractivity contribution in [1.82, 2.24) is 9.36 Å². The van der Waals surface area contributed by atoms with Gasteiger partial charge in [0, 0.05) is 18.7 Å². The predicted molar refractivity (Wildman–Crippen MR) is 78.1 cm³/mol. The zero-order chi connectivity index (χ0) is 15.1. The molecule has 108 valence electrons. The van der Waals surface area contributed by atoms with Crippen molar-refractivity contribution < 1.29 is 4.39 Å². The minimum Gasteiger partial charge on any atom is -0.271 e. The highest BCUT2D eigenvalue weighted by Crippen LogP contribution is 2.32. The van der Waals surface area contributed by atoms with E-state index in [2.05, 4.69) is 0 Å². The summed E-state index contributed by atoms with van der Waals surface area (Å²) in [6, 6.07) is 4.18. The Hall–Kier alpha value is -1.77. The number of nitriles is 1. The Morgan fingerprint density at radius 3 is 2.48 bits per heavy atom. The lowest BCUT2D eigenvalue weighted by Gasteiger charge is -2.17. The van der Waals surface area contributed by atoms with Crippen molar-refractivity contribution in [2.75, 3.05) is 0 Å². The number of hydrogen-bond donors (Lipinski definition) is 0. The Balaban J connectivity index is 2.30. The minimum atomic E-state index is -0.665. The van der Waals surface area contributed by atoms with E-state index in [-0.39, 0.29) is 32.4 Å². The summed E-state index contributed by atoms with van der Waals surface area (Å²) in [6.45, 7) is 1.17. The molecule has 2 heterocycles. The van der Waals surface area contributed by atoms with E-state index in [1.807, 2.05) is 6.07 Å². The number of hydrogen-bond acceptors (Lipinski definition) is 2. The lowest BCUT2D eigenvalue weighted by molar-refractivity contribution is 0.356. The number of rotatable bonds is 1. The molecular formula is C14H10Cl2FN3O. The average Bonchev–Trinajstić information content (AvgIpc) is 2.72. The van der Waals surface area contributed by atoms with Crippen molar-refractivity contribution in [3.8, 4) is 17.2 Å². The molecule has 0 atom stereocenters. The largest absolute Gasteiger partial charge is 0.276 e. The Labute approximate surface area is 129 Å². The van der Waals surface area contributed by atoms with E-state index in [0.717, 1.165) is 18.9 Å². The first-order valence-electron chi connectivity index (χ1n) is 6.43. The van der Waals surface area contributed by atoms with Gasteiger partial charge >= 0.3 is 0 Å². The molecule has 7 heteroatoms. The van der Waals surface area contributed by atoms with Gasteiger partial charge in [0.15, 0.2) is 0 Å². The van der Waals surface area contributed by atoms with Crippen LogP contribution in [0.15, 0.2) is 16.9 Å². The molecule has 21 heavy (non-hydrogen) atoms. The highest BCUT2D eigenvalue weighted by Gasteiger charge is 2.24. The summed E-state index contributed by atoms with van der Waals surface area (Å²) in [6.07, 6.45) is 1.80. The Bertz CT molecular complexity index is 832. The zero-order valence-electron chi connectivity index (χ0n) is 10.9. The molecule has 0 fully saturated rings. The van der Waals surface area contributed by atoms with Crippen LogP contribution in [0.1, 0.15) is 18.4 Å². The molecule has 1 aliphatic rings. The van der Waals surface area contributed by atoms with E-state index in [9.17, 15) is 9.18 Å². The topological polar surface area (TPSA) is 50.7 Å². The van der Waals surface area contributed by atoms with E-state index in [0.29, 0.717) is 13.1 Å².